The zero-order chi connectivity index (χ0) is 16.9. The van der Waals surface area contributed by atoms with Crippen molar-refractivity contribution >= 4 is 5.78 Å². The van der Waals surface area contributed by atoms with Gasteiger partial charge in [-0.25, -0.2) is 0 Å². The van der Waals surface area contributed by atoms with Crippen LogP contribution in [0.4, 0.5) is 0 Å². The number of ketones is 1. The first kappa shape index (κ1) is 14.7. The molecule has 5 heteroatoms. The number of benzene rings is 1. The summed E-state index contributed by atoms with van der Waals surface area (Å²) in [6.07, 6.45) is 2.84. The zero-order valence-electron chi connectivity index (χ0n) is 14.4. The number of carbonyl (C=O) groups excluding carboxylic acids is 1. The van der Waals surface area contributed by atoms with E-state index in [1.54, 1.807) is 13.2 Å². The molecule has 1 saturated heterocycles. The molecule has 1 spiro atoms. The van der Waals surface area contributed by atoms with Crippen LogP contribution in [0.25, 0.3) is 0 Å². The number of nitrogens with zero attached hydrogens (tertiary/aromatic N) is 1. The smallest absolute Gasteiger partial charge is 0.177 e. The van der Waals surface area contributed by atoms with Crippen molar-refractivity contribution < 1.29 is 19.4 Å². The molecule has 1 aromatic rings. The Kier molecular flexibility index (Phi) is 2.54. The van der Waals surface area contributed by atoms with E-state index in [4.69, 9.17) is 9.47 Å². The normalized spacial score (nSPS) is 42.6. The van der Waals surface area contributed by atoms with Gasteiger partial charge in [0.2, 0.25) is 0 Å². The van der Waals surface area contributed by atoms with E-state index < -0.39 is 16.6 Å². The highest BCUT2D eigenvalue weighted by atomic mass is 16.5. The summed E-state index contributed by atoms with van der Waals surface area (Å²) in [6.45, 7) is 2.82. The molecule has 2 aliphatic heterocycles. The zero-order valence-corrected chi connectivity index (χ0v) is 14.4. The Labute approximate surface area is 141 Å². The largest absolute Gasteiger partial charge is 0.504 e. The molecule has 2 heterocycles. The number of likely N-dealkylation sites (N-methyl/N-ethyl adjacent to an activating group) is 1. The number of carbonyl (C=O) groups is 1. The number of phenolic OH excluding ortho intramolecular Hbond substituents is 1. The van der Waals surface area contributed by atoms with Gasteiger partial charge in [-0.15, -0.1) is 0 Å². The minimum absolute atomic E-state index is 0.127. The Morgan fingerprint density at radius 1 is 1.38 bits per heavy atom. The molecule has 5 nitrogen and oxygen atoms in total. The van der Waals surface area contributed by atoms with Gasteiger partial charge in [0, 0.05) is 25.1 Å². The molecule has 0 amide bonds. The maximum atomic E-state index is 13.0. The average molecular weight is 329 g/mol. The van der Waals surface area contributed by atoms with Crippen molar-refractivity contribution in [1.82, 2.24) is 4.90 Å². The second-order valence-electron chi connectivity index (χ2n) is 7.96. The first-order chi connectivity index (χ1) is 11.4. The maximum absolute atomic E-state index is 13.0. The first-order valence-electron chi connectivity index (χ1n) is 8.74. The van der Waals surface area contributed by atoms with Gasteiger partial charge < -0.3 is 19.5 Å². The Bertz CT molecular complexity index is 777. The van der Waals surface area contributed by atoms with Crippen LogP contribution >= 0.6 is 0 Å². The van der Waals surface area contributed by atoms with Gasteiger partial charge in [0.15, 0.2) is 22.9 Å². The van der Waals surface area contributed by atoms with E-state index in [0.717, 1.165) is 24.9 Å². The molecule has 1 N–H and O–H groups in total. The van der Waals surface area contributed by atoms with Gasteiger partial charge in [-0.1, -0.05) is 6.07 Å². The summed E-state index contributed by atoms with van der Waals surface area (Å²) >= 11 is 0. The quantitative estimate of drug-likeness (QED) is 0.851. The topological polar surface area (TPSA) is 59.0 Å². The molecule has 4 aliphatic rings. The van der Waals surface area contributed by atoms with Crippen LogP contribution in [0.15, 0.2) is 12.1 Å². The van der Waals surface area contributed by atoms with E-state index >= 15 is 0 Å². The summed E-state index contributed by atoms with van der Waals surface area (Å²) in [7, 11) is 3.92. The van der Waals surface area contributed by atoms with Crippen molar-refractivity contribution in [3.05, 3.63) is 23.3 Å². The lowest BCUT2D eigenvalue weighted by Crippen LogP contribution is -2.80. The number of rotatable bonds is 1. The van der Waals surface area contributed by atoms with E-state index in [1.165, 1.54) is 5.56 Å². The molecule has 0 radical (unpaired) electrons. The van der Waals surface area contributed by atoms with Crippen molar-refractivity contribution in [2.24, 2.45) is 0 Å². The second kappa shape index (κ2) is 4.14. The van der Waals surface area contributed by atoms with E-state index in [9.17, 15) is 9.90 Å². The standard InChI is InChI=1S/C19H23NO4/c1-17-14(22)6-7-19(23-3)13-10-11-4-5-12(21)16(24-17)15(11)18(17,19)8-9-20(13)2/h4-5,13,21H,6-10H2,1-3H3/t13-,17-,18+,19+/m0/s1. The predicted molar refractivity (Wildman–Crippen MR) is 87.5 cm³/mol. The lowest BCUT2D eigenvalue weighted by atomic mass is 9.45. The third-order valence-corrected chi connectivity index (χ3v) is 7.44. The molecular formula is C19H23NO4. The molecule has 2 fully saturated rings. The molecule has 2 bridgehead atoms. The minimum Gasteiger partial charge on any atom is -0.504 e. The van der Waals surface area contributed by atoms with Gasteiger partial charge in [-0.2, -0.15) is 0 Å². The van der Waals surface area contributed by atoms with Crippen molar-refractivity contribution in [1.29, 1.82) is 0 Å². The summed E-state index contributed by atoms with van der Waals surface area (Å²) < 4.78 is 12.5. The van der Waals surface area contributed by atoms with Crippen molar-refractivity contribution in [2.75, 3.05) is 20.7 Å². The number of hydrogen-bond donors (Lipinski definition) is 1. The first-order valence-corrected chi connectivity index (χ1v) is 8.74. The lowest BCUT2D eigenvalue weighted by Gasteiger charge is -2.66. The van der Waals surface area contributed by atoms with Crippen LogP contribution in [-0.4, -0.2) is 53.7 Å². The van der Waals surface area contributed by atoms with Gasteiger partial charge in [0.05, 0.1) is 11.0 Å². The molecular weight excluding hydrogens is 306 g/mol. The SMILES string of the molecule is CO[C@@]12CCC(=O)[C@]3(C)Oc4c(O)ccc5c4[C@]31CCN(C)[C@H]2C5. The molecule has 1 aromatic carbocycles. The maximum Gasteiger partial charge on any atom is 0.177 e. The summed E-state index contributed by atoms with van der Waals surface area (Å²) in [5, 5.41) is 10.4. The molecule has 5 rings (SSSR count). The summed E-state index contributed by atoms with van der Waals surface area (Å²) in [5.74, 6) is 0.769. The summed E-state index contributed by atoms with van der Waals surface area (Å²) in [6, 6.07) is 3.91. The molecule has 0 aromatic heterocycles. The van der Waals surface area contributed by atoms with E-state index in [1.807, 2.05) is 13.0 Å². The van der Waals surface area contributed by atoms with E-state index in [0.29, 0.717) is 18.6 Å². The number of phenols is 1. The van der Waals surface area contributed by atoms with Gasteiger partial charge >= 0.3 is 0 Å². The van der Waals surface area contributed by atoms with E-state index in [-0.39, 0.29) is 17.6 Å². The predicted octanol–water partition coefficient (Wildman–Crippen LogP) is 1.79. The Morgan fingerprint density at radius 2 is 2.17 bits per heavy atom. The van der Waals surface area contributed by atoms with Crippen LogP contribution in [0.5, 0.6) is 11.5 Å². The van der Waals surface area contributed by atoms with E-state index in [2.05, 4.69) is 11.9 Å². The fourth-order valence-corrected chi connectivity index (χ4v) is 6.37. The fraction of sp³-hybridized carbons (Fsp3) is 0.632. The second-order valence-corrected chi connectivity index (χ2v) is 7.96. The average Bonchev–Trinajstić information content (AvgIpc) is 2.85. The van der Waals surface area contributed by atoms with Gasteiger partial charge in [-0.3, -0.25) is 4.79 Å². The summed E-state index contributed by atoms with van der Waals surface area (Å²) in [4.78, 5) is 15.4. The Hall–Kier alpha value is -1.59. The van der Waals surface area contributed by atoms with Crippen LogP contribution in [-0.2, 0) is 21.4 Å². The summed E-state index contributed by atoms with van der Waals surface area (Å²) in [5.41, 5.74) is 0.295. The van der Waals surface area contributed by atoms with Gasteiger partial charge in [0.1, 0.15) is 0 Å². The third kappa shape index (κ3) is 1.22. The Morgan fingerprint density at radius 3 is 2.92 bits per heavy atom. The van der Waals surface area contributed by atoms with Crippen LogP contribution in [0.1, 0.15) is 37.3 Å². The highest BCUT2D eigenvalue weighted by molar-refractivity contribution is 5.94. The number of hydrogen-bond acceptors (Lipinski definition) is 5. The highest BCUT2D eigenvalue weighted by Gasteiger charge is 2.78. The fourth-order valence-electron chi connectivity index (χ4n) is 6.37. The number of aromatic hydroxyl groups is 1. The molecule has 2 aliphatic carbocycles. The number of ether oxygens (including phenoxy) is 2. The molecule has 24 heavy (non-hydrogen) atoms. The molecule has 4 atom stereocenters. The van der Waals surface area contributed by atoms with Gasteiger partial charge in [0.25, 0.3) is 0 Å². The molecule has 1 saturated carbocycles. The number of likely N-dealkylation sites (tertiary alicyclic amines) is 1. The number of methoxy groups -OCH3 is 1. The molecule has 128 valence electrons. The van der Waals surface area contributed by atoms with Crippen molar-refractivity contribution in [2.45, 2.75) is 55.3 Å². The van der Waals surface area contributed by atoms with Crippen LogP contribution in [0, 0.1) is 0 Å². The van der Waals surface area contributed by atoms with Crippen molar-refractivity contribution in [3.8, 4) is 11.5 Å². The van der Waals surface area contributed by atoms with Crippen LogP contribution in [0.2, 0.25) is 0 Å². The number of Topliss-reactive ketones (excluding diaryl/α,β-unsaturated/α-hetero) is 1. The van der Waals surface area contributed by atoms with Gasteiger partial charge in [-0.05, 0) is 51.4 Å². The van der Waals surface area contributed by atoms with Crippen LogP contribution < -0.4 is 4.74 Å². The van der Waals surface area contributed by atoms with Crippen molar-refractivity contribution in [3.63, 3.8) is 0 Å². The number of piperidine rings is 1. The monoisotopic (exact) mass is 329 g/mol. The van der Waals surface area contributed by atoms with Crippen LogP contribution in [0.3, 0.4) is 0 Å². The minimum atomic E-state index is -0.961. The molecule has 0 unspecified atom stereocenters. The highest BCUT2D eigenvalue weighted by Crippen LogP contribution is 2.69. The third-order valence-electron chi connectivity index (χ3n) is 7.44. The lowest BCUT2D eigenvalue weighted by molar-refractivity contribution is -0.217. The Balaban J connectivity index is 1.92.